The van der Waals surface area contributed by atoms with Crippen molar-refractivity contribution in [2.75, 3.05) is 59.0 Å². The molecule has 31 heavy (non-hydrogen) atoms. The largest absolute Gasteiger partial charge is 0.493 e. The maximum absolute atomic E-state index is 6.21. The standard InChI is InChI=1S/C23H26ClN3O4/c1-28-21-6-4-17(14-22(21)29-2)25-20-15-23(26-19-13-16(24)3-5-18(19)20)31-12-9-27-7-10-30-11-8-27/h3-6,13-15H,7-12H2,1-2H3,(H,25,26). The lowest BCUT2D eigenvalue weighted by atomic mass is 10.1. The second-order valence-electron chi connectivity index (χ2n) is 7.17. The Morgan fingerprint density at radius 1 is 1.03 bits per heavy atom. The molecule has 2 aromatic carbocycles. The van der Waals surface area contributed by atoms with Gasteiger partial charge in [0.1, 0.15) is 6.61 Å². The van der Waals surface area contributed by atoms with Gasteiger partial charge in [0.15, 0.2) is 11.5 Å². The molecule has 0 radical (unpaired) electrons. The third-order valence-corrected chi connectivity index (χ3v) is 5.41. The number of methoxy groups -OCH3 is 2. The fourth-order valence-electron chi connectivity index (χ4n) is 3.53. The molecule has 0 spiro atoms. The zero-order chi connectivity index (χ0) is 21.6. The number of nitrogens with one attached hydrogen (secondary N) is 1. The summed E-state index contributed by atoms with van der Waals surface area (Å²) in [5.74, 6) is 1.87. The van der Waals surface area contributed by atoms with Crippen LogP contribution in [0.3, 0.4) is 0 Å². The molecule has 1 fully saturated rings. The minimum atomic E-state index is 0.547. The van der Waals surface area contributed by atoms with Gasteiger partial charge in [-0.2, -0.15) is 0 Å². The third kappa shape index (κ3) is 5.31. The van der Waals surface area contributed by atoms with Crippen LogP contribution in [0.25, 0.3) is 10.9 Å². The highest BCUT2D eigenvalue weighted by molar-refractivity contribution is 6.31. The van der Waals surface area contributed by atoms with E-state index in [4.69, 9.17) is 30.5 Å². The molecule has 0 saturated carbocycles. The van der Waals surface area contributed by atoms with Crippen LogP contribution in [0.1, 0.15) is 0 Å². The summed E-state index contributed by atoms with van der Waals surface area (Å²) in [6.45, 7) is 4.77. The molecule has 1 aliphatic rings. The first-order chi connectivity index (χ1) is 15.2. The Morgan fingerprint density at radius 3 is 2.61 bits per heavy atom. The van der Waals surface area contributed by atoms with E-state index in [9.17, 15) is 0 Å². The van der Waals surface area contributed by atoms with E-state index in [0.717, 1.165) is 55.1 Å². The van der Waals surface area contributed by atoms with Crippen molar-refractivity contribution >= 4 is 33.9 Å². The van der Waals surface area contributed by atoms with Gasteiger partial charge in [0.2, 0.25) is 5.88 Å². The van der Waals surface area contributed by atoms with E-state index in [1.54, 1.807) is 14.2 Å². The van der Waals surface area contributed by atoms with Crippen LogP contribution in [0.4, 0.5) is 11.4 Å². The van der Waals surface area contributed by atoms with Crippen molar-refractivity contribution in [3.05, 3.63) is 47.5 Å². The number of hydrogen-bond acceptors (Lipinski definition) is 7. The van der Waals surface area contributed by atoms with E-state index in [-0.39, 0.29) is 0 Å². The zero-order valence-electron chi connectivity index (χ0n) is 17.7. The lowest BCUT2D eigenvalue weighted by Gasteiger charge is -2.26. The van der Waals surface area contributed by atoms with Crippen LogP contribution >= 0.6 is 11.6 Å². The van der Waals surface area contributed by atoms with Gasteiger partial charge in [-0.3, -0.25) is 4.90 Å². The lowest BCUT2D eigenvalue weighted by Crippen LogP contribution is -2.38. The number of ether oxygens (including phenoxy) is 4. The normalized spacial score (nSPS) is 14.4. The number of benzene rings is 2. The topological polar surface area (TPSA) is 65.1 Å². The summed E-state index contributed by atoms with van der Waals surface area (Å²) in [5.41, 5.74) is 2.49. The molecule has 0 aliphatic carbocycles. The number of rotatable bonds is 8. The van der Waals surface area contributed by atoms with Crippen LogP contribution < -0.4 is 19.5 Å². The Kier molecular flexibility index (Phi) is 6.96. The SMILES string of the molecule is COc1ccc(Nc2cc(OCCN3CCOCC3)nc3cc(Cl)ccc23)cc1OC. The van der Waals surface area contributed by atoms with Gasteiger partial charge in [0.25, 0.3) is 0 Å². The van der Waals surface area contributed by atoms with Gasteiger partial charge in [-0.25, -0.2) is 4.98 Å². The van der Waals surface area contributed by atoms with Gasteiger partial charge in [0, 0.05) is 47.9 Å². The number of hydrogen-bond donors (Lipinski definition) is 1. The van der Waals surface area contributed by atoms with E-state index < -0.39 is 0 Å². The smallest absolute Gasteiger partial charge is 0.215 e. The van der Waals surface area contributed by atoms with E-state index in [2.05, 4.69) is 15.2 Å². The average Bonchev–Trinajstić information content (AvgIpc) is 2.79. The highest BCUT2D eigenvalue weighted by atomic mass is 35.5. The van der Waals surface area contributed by atoms with Crippen LogP contribution in [0.15, 0.2) is 42.5 Å². The van der Waals surface area contributed by atoms with Crippen molar-refractivity contribution in [1.29, 1.82) is 0 Å². The van der Waals surface area contributed by atoms with Crippen LogP contribution in [-0.2, 0) is 4.74 Å². The molecule has 4 rings (SSSR count). The first kappa shape index (κ1) is 21.5. The summed E-state index contributed by atoms with van der Waals surface area (Å²) in [4.78, 5) is 6.97. The summed E-state index contributed by atoms with van der Waals surface area (Å²) >= 11 is 6.21. The van der Waals surface area contributed by atoms with E-state index in [1.165, 1.54) is 0 Å². The first-order valence-electron chi connectivity index (χ1n) is 10.2. The summed E-state index contributed by atoms with van der Waals surface area (Å²) < 4.78 is 22.1. The maximum atomic E-state index is 6.21. The molecule has 1 aromatic heterocycles. The highest BCUT2D eigenvalue weighted by Crippen LogP contribution is 2.34. The predicted octanol–water partition coefficient (Wildman–Crippen LogP) is 4.36. The van der Waals surface area contributed by atoms with Crippen LogP contribution in [-0.4, -0.2) is 63.6 Å². The Balaban J connectivity index is 1.57. The Hall–Kier alpha value is -2.74. The molecule has 3 aromatic rings. The number of fused-ring (bicyclic) bond motifs is 1. The van der Waals surface area contributed by atoms with Crippen molar-refractivity contribution in [3.8, 4) is 17.4 Å². The summed E-state index contributed by atoms with van der Waals surface area (Å²) in [6, 6.07) is 13.2. The minimum Gasteiger partial charge on any atom is -0.493 e. The molecule has 164 valence electrons. The van der Waals surface area contributed by atoms with Gasteiger partial charge in [0.05, 0.1) is 38.6 Å². The Bertz CT molecular complexity index is 1040. The fraction of sp³-hybridized carbons (Fsp3) is 0.348. The van der Waals surface area contributed by atoms with Gasteiger partial charge in [-0.1, -0.05) is 11.6 Å². The molecule has 0 amide bonds. The van der Waals surface area contributed by atoms with Gasteiger partial charge in [-0.05, 0) is 30.3 Å². The molecule has 1 saturated heterocycles. The van der Waals surface area contributed by atoms with Gasteiger partial charge < -0.3 is 24.3 Å². The molecule has 0 unspecified atom stereocenters. The van der Waals surface area contributed by atoms with Gasteiger partial charge >= 0.3 is 0 Å². The van der Waals surface area contributed by atoms with Crippen LogP contribution in [0.2, 0.25) is 5.02 Å². The number of anilines is 2. The molecular weight excluding hydrogens is 418 g/mol. The van der Waals surface area contributed by atoms with Crippen molar-refractivity contribution in [1.82, 2.24) is 9.88 Å². The average molecular weight is 444 g/mol. The van der Waals surface area contributed by atoms with E-state index in [1.807, 2.05) is 42.5 Å². The first-order valence-corrected chi connectivity index (χ1v) is 10.6. The molecule has 0 bridgehead atoms. The predicted molar refractivity (Wildman–Crippen MR) is 122 cm³/mol. The quantitative estimate of drug-likeness (QED) is 0.554. The van der Waals surface area contributed by atoms with E-state index in [0.29, 0.717) is 29.0 Å². The van der Waals surface area contributed by atoms with Crippen molar-refractivity contribution in [2.45, 2.75) is 0 Å². The number of halogens is 1. The van der Waals surface area contributed by atoms with Crippen molar-refractivity contribution < 1.29 is 18.9 Å². The molecule has 7 nitrogen and oxygen atoms in total. The van der Waals surface area contributed by atoms with Crippen LogP contribution in [0.5, 0.6) is 17.4 Å². The van der Waals surface area contributed by atoms with Crippen LogP contribution in [0, 0.1) is 0 Å². The lowest BCUT2D eigenvalue weighted by molar-refractivity contribution is 0.0320. The highest BCUT2D eigenvalue weighted by Gasteiger charge is 2.12. The molecule has 2 heterocycles. The number of aromatic nitrogens is 1. The van der Waals surface area contributed by atoms with Gasteiger partial charge in [-0.15, -0.1) is 0 Å². The summed E-state index contributed by atoms with van der Waals surface area (Å²) in [7, 11) is 3.23. The molecule has 1 N–H and O–H groups in total. The summed E-state index contributed by atoms with van der Waals surface area (Å²) in [6.07, 6.45) is 0. The third-order valence-electron chi connectivity index (χ3n) is 5.17. The molecule has 8 heteroatoms. The second kappa shape index (κ2) is 10.0. The molecule has 0 atom stereocenters. The van der Waals surface area contributed by atoms with E-state index >= 15 is 0 Å². The van der Waals surface area contributed by atoms with Crippen molar-refractivity contribution in [2.24, 2.45) is 0 Å². The monoisotopic (exact) mass is 443 g/mol. The Morgan fingerprint density at radius 2 is 1.84 bits per heavy atom. The number of morpholine rings is 1. The Labute approximate surface area is 186 Å². The second-order valence-corrected chi connectivity index (χ2v) is 7.60. The fourth-order valence-corrected chi connectivity index (χ4v) is 3.69. The summed E-state index contributed by atoms with van der Waals surface area (Å²) in [5, 5.41) is 5.02. The number of pyridine rings is 1. The zero-order valence-corrected chi connectivity index (χ0v) is 18.4. The van der Waals surface area contributed by atoms with Crippen molar-refractivity contribution in [3.63, 3.8) is 0 Å². The molecule has 1 aliphatic heterocycles. The minimum absolute atomic E-state index is 0.547. The maximum Gasteiger partial charge on any atom is 0.215 e. The number of nitrogens with zero attached hydrogens (tertiary/aromatic N) is 2. The molecular formula is C23H26ClN3O4.